The van der Waals surface area contributed by atoms with Gasteiger partial charge >= 0.3 is 0 Å². The average molecular weight is 592 g/mol. The van der Waals surface area contributed by atoms with Gasteiger partial charge in [-0.25, -0.2) is 19.9 Å². The quantitative estimate of drug-likeness (QED) is 0.204. The standard InChI is InChI=1S/C41H29N5/c1-41(2)34-24-28(39-44-37(26-12-5-3-6-13-26)43-38(45-39)27-14-7-4-8-15-27)19-21-30(34)31-22-20-29(25-35(31)41)46-36-18-10-9-16-32(36)33-17-11-23-42-40(33)46/h3-25H,1-2H3. The molecule has 46 heavy (non-hydrogen) atoms. The normalized spacial score (nSPS) is 13.2. The fourth-order valence-corrected chi connectivity index (χ4v) is 7.00. The molecule has 1 aliphatic rings. The number of fused-ring (bicyclic) bond motifs is 6. The molecule has 0 saturated heterocycles. The summed E-state index contributed by atoms with van der Waals surface area (Å²) in [5, 5.41) is 2.37. The minimum atomic E-state index is -0.236. The zero-order valence-corrected chi connectivity index (χ0v) is 25.5. The van der Waals surface area contributed by atoms with Crippen molar-refractivity contribution >= 4 is 21.9 Å². The van der Waals surface area contributed by atoms with Crippen LogP contribution in [0.3, 0.4) is 0 Å². The Morgan fingerprint density at radius 1 is 0.500 bits per heavy atom. The number of para-hydroxylation sites is 1. The van der Waals surface area contributed by atoms with Gasteiger partial charge in [-0.3, -0.25) is 4.57 Å². The molecule has 5 aromatic carbocycles. The monoisotopic (exact) mass is 591 g/mol. The molecule has 0 radical (unpaired) electrons. The molecule has 5 nitrogen and oxygen atoms in total. The Bertz CT molecular complexity index is 2330. The van der Waals surface area contributed by atoms with Gasteiger partial charge in [-0.2, -0.15) is 0 Å². The smallest absolute Gasteiger partial charge is 0.164 e. The summed E-state index contributed by atoms with van der Waals surface area (Å²) in [6.45, 7) is 4.63. The molecule has 9 rings (SSSR count). The molecule has 0 spiro atoms. The molecule has 5 heteroatoms. The number of aromatic nitrogens is 5. The Labute approximate surface area is 266 Å². The lowest BCUT2D eigenvalue weighted by atomic mass is 9.82. The lowest BCUT2D eigenvalue weighted by molar-refractivity contribution is 0.660. The maximum absolute atomic E-state index is 5.00. The molecular weight excluding hydrogens is 562 g/mol. The van der Waals surface area contributed by atoms with Crippen LogP contribution in [0.4, 0.5) is 0 Å². The number of hydrogen-bond donors (Lipinski definition) is 0. The molecule has 0 saturated carbocycles. The highest BCUT2D eigenvalue weighted by atomic mass is 15.0. The second-order valence-electron chi connectivity index (χ2n) is 12.4. The van der Waals surface area contributed by atoms with Crippen LogP contribution in [0.15, 0.2) is 140 Å². The van der Waals surface area contributed by atoms with E-state index in [1.165, 1.54) is 27.6 Å². The van der Waals surface area contributed by atoms with Gasteiger partial charge in [-0.1, -0.05) is 111 Å². The number of nitrogens with zero attached hydrogens (tertiary/aromatic N) is 5. The Hall–Kier alpha value is -5.94. The van der Waals surface area contributed by atoms with Crippen molar-refractivity contribution in [3.63, 3.8) is 0 Å². The van der Waals surface area contributed by atoms with E-state index in [2.05, 4.69) is 85.1 Å². The average Bonchev–Trinajstić information content (AvgIpc) is 3.57. The van der Waals surface area contributed by atoms with Crippen molar-refractivity contribution in [2.24, 2.45) is 0 Å². The lowest BCUT2D eigenvalue weighted by Crippen LogP contribution is -2.15. The molecule has 218 valence electrons. The highest BCUT2D eigenvalue weighted by Crippen LogP contribution is 2.50. The molecule has 0 aliphatic heterocycles. The zero-order valence-electron chi connectivity index (χ0n) is 25.5. The van der Waals surface area contributed by atoms with Crippen LogP contribution in [0.2, 0.25) is 0 Å². The van der Waals surface area contributed by atoms with Crippen LogP contribution in [-0.2, 0) is 5.41 Å². The van der Waals surface area contributed by atoms with E-state index in [-0.39, 0.29) is 5.41 Å². The molecule has 8 aromatic rings. The van der Waals surface area contributed by atoms with Crippen LogP contribution in [0.5, 0.6) is 0 Å². The Kier molecular flexibility index (Phi) is 5.78. The largest absolute Gasteiger partial charge is 0.294 e. The summed E-state index contributed by atoms with van der Waals surface area (Å²) in [4.78, 5) is 19.7. The van der Waals surface area contributed by atoms with Crippen molar-refractivity contribution in [2.75, 3.05) is 0 Å². The molecule has 0 amide bonds. The number of rotatable bonds is 4. The van der Waals surface area contributed by atoms with Crippen LogP contribution >= 0.6 is 0 Å². The first-order valence-corrected chi connectivity index (χ1v) is 15.6. The van der Waals surface area contributed by atoms with Crippen molar-refractivity contribution in [1.29, 1.82) is 0 Å². The first-order valence-electron chi connectivity index (χ1n) is 15.6. The van der Waals surface area contributed by atoms with E-state index in [4.69, 9.17) is 19.9 Å². The van der Waals surface area contributed by atoms with Gasteiger partial charge in [0.2, 0.25) is 0 Å². The van der Waals surface area contributed by atoms with Crippen LogP contribution < -0.4 is 0 Å². The van der Waals surface area contributed by atoms with E-state index < -0.39 is 0 Å². The fourth-order valence-electron chi connectivity index (χ4n) is 7.00. The van der Waals surface area contributed by atoms with E-state index in [0.717, 1.165) is 38.9 Å². The predicted molar refractivity (Wildman–Crippen MR) is 186 cm³/mol. The van der Waals surface area contributed by atoms with E-state index in [9.17, 15) is 0 Å². The maximum atomic E-state index is 5.00. The molecular formula is C41H29N5. The van der Waals surface area contributed by atoms with Crippen molar-refractivity contribution < 1.29 is 0 Å². The fraction of sp³-hybridized carbons (Fsp3) is 0.0732. The topological polar surface area (TPSA) is 56.5 Å². The maximum Gasteiger partial charge on any atom is 0.164 e. The Balaban J connectivity index is 1.18. The second-order valence-corrected chi connectivity index (χ2v) is 12.4. The van der Waals surface area contributed by atoms with Crippen molar-refractivity contribution in [3.05, 3.63) is 151 Å². The first kappa shape index (κ1) is 26.5. The van der Waals surface area contributed by atoms with Crippen LogP contribution in [-0.4, -0.2) is 24.5 Å². The van der Waals surface area contributed by atoms with Gasteiger partial charge in [0, 0.05) is 44.8 Å². The summed E-state index contributed by atoms with van der Waals surface area (Å²) in [6, 6.07) is 46.4. The third kappa shape index (κ3) is 4.02. The molecule has 3 heterocycles. The highest BCUT2D eigenvalue weighted by Gasteiger charge is 2.36. The van der Waals surface area contributed by atoms with Gasteiger partial charge in [0.1, 0.15) is 5.65 Å². The van der Waals surface area contributed by atoms with Crippen molar-refractivity contribution in [1.82, 2.24) is 24.5 Å². The summed E-state index contributed by atoms with van der Waals surface area (Å²) in [5.74, 6) is 1.99. The van der Waals surface area contributed by atoms with E-state index in [1.807, 2.05) is 72.9 Å². The molecule has 0 unspecified atom stereocenters. The number of benzene rings is 5. The van der Waals surface area contributed by atoms with Crippen LogP contribution in [0, 0.1) is 0 Å². The summed E-state index contributed by atoms with van der Waals surface area (Å²) in [5.41, 5.74) is 11.0. The van der Waals surface area contributed by atoms with Gasteiger partial charge < -0.3 is 0 Å². The Morgan fingerprint density at radius 3 is 1.76 bits per heavy atom. The van der Waals surface area contributed by atoms with Crippen molar-refractivity contribution in [3.8, 4) is 51.0 Å². The summed E-state index contributed by atoms with van der Waals surface area (Å²) >= 11 is 0. The number of hydrogen-bond acceptors (Lipinski definition) is 4. The SMILES string of the molecule is CC1(C)c2cc(-c3nc(-c4ccccc4)nc(-c4ccccc4)n3)ccc2-c2ccc(-n3c4ccccc4c4cccnc43)cc21. The van der Waals surface area contributed by atoms with Gasteiger partial charge in [0.15, 0.2) is 17.5 Å². The first-order chi connectivity index (χ1) is 22.6. The summed E-state index contributed by atoms with van der Waals surface area (Å²) in [7, 11) is 0. The molecule has 0 atom stereocenters. The lowest BCUT2D eigenvalue weighted by Gasteiger charge is -2.23. The predicted octanol–water partition coefficient (Wildman–Crippen LogP) is 9.67. The van der Waals surface area contributed by atoms with E-state index in [1.54, 1.807) is 0 Å². The summed E-state index contributed by atoms with van der Waals surface area (Å²) < 4.78 is 2.29. The van der Waals surface area contributed by atoms with Crippen LogP contribution in [0.25, 0.3) is 72.9 Å². The minimum Gasteiger partial charge on any atom is -0.294 e. The zero-order chi connectivity index (χ0) is 30.8. The molecule has 0 N–H and O–H groups in total. The molecule has 0 bridgehead atoms. The minimum absolute atomic E-state index is 0.236. The van der Waals surface area contributed by atoms with E-state index in [0.29, 0.717) is 17.5 Å². The summed E-state index contributed by atoms with van der Waals surface area (Å²) in [6.07, 6.45) is 1.87. The third-order valence-corrected chi connectivity index (χ3v) is 9.31. The molecule has 0 fully saturated rings. The van der Waals surface area contributed by atoms with Gasteiger partial charge in [-0.15, -0.1) is 0 Å². The molecule has 3 aromatic heterocycles. The third-order valence-electron chi connectivity index (χ3n) is 9.31. The second kappa shape index (κ2) is 10.0. The highest BCUT2D eigenvalue weighted by molar-refractivity contribution is 6.07. The number of pyridine rings is 1. The molecule has 1 aliphatic carbocycles. The van der Waals surface area contributed by atoms with Gasteiger partial charge in [0.05, 0.1) is 5.52 Å². The van der Waals surface area contributed by atoms with Crippen molar-refractivity contribution in [2.45, 2.75) is 19.3 Å². The van der Waals surface area contributed by atoms with Gasteiger partial charge in [-0.05, 0) is 58.7 Å². The Morgan fingerprint density at radius 2 is 1.07 bits per heavy atom. The van der Waals surface area contributed by atoms with Crippen LogP contribution in [0.1, 0.15) is 25.0 Å². The van der Waals surface area contributed by atoms with Gasteiger partial charge in [0.25, 0.3) is 0 Å². The van der Waals surface area contributed by atoms with E-state index >= 15 is 0 Å².